The van der Waals surface area contributed by atoms with Crippen LogP contribution >= 0.6 is 0 Å². The molecule has 0 saturated carbocycles. The highest BCUT2D eigenvalue weighted by molar-refractivity contribution is 6.04. The Morgan fingerprint density at radius 2 is 1.67 bits per heavy atom. The number of carbonyl (C=O) groups excluding carboxylic acids is 3. The van der Waals surface area contributed by atoms with Gasteiger partial charge in [-0.2, -0.15) is 0 Å². The molecule has 2 aromatic rings. The summed E-state index contributed by atoms with van der Waals surface area (Å²) in [4.78, 5) is 36.4. The van der Waals surface area contributed by atoms with Crippen LogP contribution in [0.3, 0.4) is 0 Å². The number of rotatable bonds is 5. The summed E-state index contributed by atoms with van der Waals surface area (Å²) in [6.45, 7) is 6.43. The molecule has 6 nitrogen and oxygen atoms in total. The first-order chi connectivity index (χ1) is 14.3. The molecule has 0 saturated heterocycles. The van der Waals surface area contributed by atoms with Crippen LogP contribution in [0.1, 0.15) is 61.7 Å². The van der Waals surface area contributed by atoms with Crippen LogP contribution in [0.25, 0.3) is 0 Å². The number of Topliss-reactive ketones (excluding diaryl/α,β-unsaturated/α-hetero) is 1. The van der Waals surface area contributed by atoms with E-state index in [-0.39, 0.29) is 35.0 Å². The SMILES string of the molecule is CC(=O)Oc1cc(OC(C)=O)c2c(c1CC=C(C)C)OC(c1ccccc1)CC2=O. The van der Waals surface area contributed by atoms with Gasteiger partial charge in [0.1, 0.15) is 28.9 Å². The minimum absolute atomic E-state index is 0.0335. The van der Waals surface area contributed by atoms with Gasteiger partial charge in [0.25, 0.3) is 0 Å². The maximum atomic E-state index is 13.1. The second kappa shape index (κ2) is 8.95. The van der Waals surface area contributed by atoms with Crippen LogP contribution in [0.15, 0.2) is 48.0 Å². The Morgan fingerprint density at radius 1 is 1.03 bits per heavy atom. The maximum Gasteiger partial charge on any atom is 0.308 e. The second-order valence-corrected chi connectivity index (χ2v) is 7.37. The van der Waals surface area contributed by atoms with Gasteiger partial charge in [0.2, 0.25) is 0 Å². The summed E-state index contributed by atoms with van der Waals surface area (Å²) in [5.41, 5.74) is 2.68. The molecule has 1 atom stereocenters. The molecule has 0 amide bonds. The summed E-state index contributed by atoms with van der Waals surface area (Å²) < 4.78 is 16.9. The van der Waals surface area contributed by atoms with E-state index in [1.54, 1.807) is 0 Å². The third-order valence-electron chi connectivity index (χ3n) is 4.61. The molecule has 1 aliphatic rings. The van der Waals surface area contributed by atoms with Crippen molar-refractivity contribution in [3.8, 4) is 17.2 Å². The number of ether oxygens (including phenoxy) is 3. The van der Waals surface area contributed by atoms with E-state index >= 15 is 0 Å². The van der Waals surface area contributed by atoms with Gasteiger partial charge in [0.15, 0.2) is 5.78 Å². The first kappa shape index (κ1) is 21.3. The predicted octanol–water partition coefficient (Wildman–Crippen LogP) is 4.75. The Balaban J connectivity index is 2.21. The van der Waals surface area contributed by atoms with Crippen LogP contribution in [0.2, 0.25) is 0 Å². The summed E-state index contributed by atoms with van der Waals surface area (Å²) >= 11 is 0. The molecule has 156 valence electrons. The zero-order chi connectivity index (χ0) is 21.8. The Morgan fingerprint density at radius 3 is 2.27 bits per heavy atom. The van der Waals surface area contributed by atoms with Gasteiger partial charge in [0.05, 0.1) is 6.42 Å². The van der Waals surface area contributed by atoms with Crippen molar-refractivity contribution in [1.82, 2.24) is 0 Å². The number of esters is 2. The van der Waals surface area contributed by atoms with Crippen LogP contribution in [-0.2, 0) is 16.0 Å². The molecule has 1 unspecified atom stereocenters. The van der Waals surface area contributed by atoms with Gasteiger partial charge in [-0.05, 0) is 25.8 Å². The normalized spacial score (nSPS) is 14.9. The molecule has 1 heterocycles. The predicted molar refractivity (Wildman–Crippen MR) is 111 cm³/mol. The number of benzene rings is 2. The number of allylic oxidation sites excluding steroid dienone is 2. The summed E-state index contributed by atoms with van der Waals surface area (Å²) in [5, 5.41) is 0. The summed E-state index contributed by atoms with van der Waals surface area (Å²) in [7, 11) is 0. The molecule has 0 bridgehead atoms. The Bertz CT molecular complexity index is 1020. The highest BCUT2D eigenvalue weighted by Crippen LogP contribution is 2.46. The zero-order valence-electron chi connectivity index (χ0n) is 17.5. The van der Waals surface area contributed by atoms with E-state index in [1.165, 1.54) is 19.9 Å². The monoisotopic (exact) mass is 408 g/mol. The lowest BCUT2D eigenvalue weighted by Crippen LogP contribution is -2.23. The summed E-state index contributed by atoms with van der Waals surface area (Å²) in [6, 6.07) is 10.8. The topological polar surface area (TPSA) is 78.9 Å². The van der Waals surface area contributed by atoms with Crippen LogP contribution in [0, 0.1) is 0 Å². The van der Waals surface area contributed by atoms with Crippen molar-refractivity contribution in [1.29, 1.82) is 0 Å². The molecular weight excluding hydrogens is 384 g/mol. The summed E-state index contributed by atoms with van der Waals surface area (Å²) in [6.07, 6.45) is 1.96. The van der Waals surface area contributed by atoms with E-state index in [0.717, 1.165) is 11.1 Å². The average molecular weight is 408 g/mol. The smallest absolute Gasteiger partial charge is 0.308 e. The summed E-state index contributed by atoms with van der Waals surface area (Å²) in [5.74, 6) is -0.783. The number of ketones is 1. The van der Waals surface area contributed by atoms with Gasteiger partial charge in [-0.25, -0.2) is 0 Å². The van der Waals surface area contributed by atoms with E-state index in [9.17, 15) is 14.4 Å². The lowest BCUT2D eigenvalue weighted by atomic mass is 9.92. The van der Waals surface area contributed by atoms with Crippen molar-refractivity contribution in [3.05, 3.63) is 64.7 Å². The first-order valence-corrected chi connectivity index (χ1v) is 9.71. The fourth-order valence-electron chi connectivity index (χ4n) is 3.34. The van der Waals surface area contributed by atoms with Gasteiger partial charge in [-0.1, -0.05) is 42.0 Å². The van der Waals surface area contributed by atoms with Crippen molar-refractivity contribution < 1.29 is 28.6 Å². The van der Waals surface area contributed by atoms with E-state index in [0.29, 0.717) is 12.0 Å². The molecule has 3 rings (SSSR count). The molecule has 0 fully saturated rings. The van der Waals surface area contributed by atoms with Gasteiger partial charge in [0, 0.05) is 25.5 Å². The van der Waals surface area contributed by atoms with E-state index in [1.807, 2.05) is 50.3 Å². The van der Waals surface area contributed by atoms with Gasteiger partial charge >= 0.3 is 11.9 Å². The Kier molecular flexibility index (Phi) is 6.35. The van der Waals surface area contributed by atoms with E-state index in [4.69, 9.17) is 14.2 Å². The van der Waals surface area contributed by atoms with E-state index < -0.39 is 18.0 Å². The first-order valence-electron chi connectivity index (χ1n) is 9.71. The van der Waals surface area contributed by atoms with Crippen LogP contribution in [-0.4, -0.2) is 17.7 Å². The quantitative estimate of drug-likeness (QED) is 0.403. The third-order valence-corrected chi connectivity index (χ3v) is 4.61. The van der Waals surface area contributed by atoms with Crippen LogP contribution < -0.4 is 14.2 Å². The largest absolute Gasteiger partial charge is 0.484 e. The molecule has 6 heteroatoms. The van der Waals surface area contributed by atoms with Gasteiger partial charge in [-0.15, -0.1) is 0 Å². The molecule has 0 spiro atoms. The fourth-order valence-corrected chi connectivity index (χ4v) is 3.34. The van der Waals surface area contributed by atoms with Crippen molar-refractivity contribution in [2.75, 3.05) is 0 Å². The zero-order valence-corrected chi connectivity index (χ0v) is 17.5. The van der Waals surface area contributed by atoms with Crippen molar-refractivity contribution >= 4 is 17.7 Å². The molecule has 0 aliphatic carbocycles. The Labute approximate surface area is 175 Å². The minimum atomic E-state index is -0.582. The molecule has 30 heavy (non-hydrogen) atoms. The highest BCUT2D eigenvalue weighted by Gasteiger charge is 2.35. The molecule has 2 aromatic carbocycles. The molecule has 0 radical (unpaired) electrons. The van der Waals surface area contributed by atoms with Gasteiger partial charge in [-0.3, -0.25) is 14.4 Å². The van der Waals surface area contributed by atoms with Crippen LogP contribution in [0.5, 0.6) is 17.2 Å². The fraction of sp³-hybridized carbons (Fsp3) is 0.292. The highest BCUT2D eigenvalue weighted by atomic mass is 16.5. The van der Waals surface area contributed by atoms with Crippen molar-refractivity contribution in [2.24, 2.45) is 0 Å². The van der Waals surface area contributed by atoms with Crippen molar-refractivity contribution in [3.63, 3.8) is 0 Å². The number of fused-ring (bicyclic) bond motifs is 1. The lowest BCUT2D eigenvalue weighted by Gasteiger charge is -2.29. The molecular formula is C24H24O6. The average Bonchev–Trinajstić information content (AvgIpc) is 2.66. The third kappa shape index (κ3) is 4.76. The maximum absolute atomic E-state index is 13.1. The van der Waals surface area contributed by atoms with E-state index in [2.05, 4.69) is 0 Å². The number of hydrogen-bond donors (Lipinski definition) is 0. The Hall–Kier alpha value is -3.41. The molecule has 1 aliphatic heterocycles. The lowest BCUT2D eigenvalue weighted by molar-refractivity contribution is -0.132. The second-order valence-electron chi connectivity index (χ2n) is 7.37. The minimum Gasteiger partial charge on any atom is -0.484 e. The standard InChI is InChI=1S/C24H24O6/c1-14(2)10-11-18-21(28-15(3)25)13-22(29-16(4)26)23-19(27)12-20(30-24(18)23)17-8-6-5-7-9-17/h5-10,13,20H,11-12H2,1-4H3. The molecule has 0 N–H and O–H groups in total. The number of hydrogen-bond acceptors (Lipinski definition) is 6. The number of carbonyl (C=O) groups is 3. The van der Waals surface area contributed by atoms with Gasteiger partial charge < -0.3 is 14.2 Å². The van der Waals surface area contributed by atoms with Crippen molar-refractivity contribution in [2.45, 2.75) is 46.6 Å². The molecule has 0 aromatic heterocycles. The van der Waals surface area contributed by atoms with Crippen LogP contribution in [0.4, 0.5) is 0 Å².